The summed E-state index contributed by atoms with van der Waals surface area (Å²) >= 11 is 6.03. The number of hydrogen-bond donors (Lipinski definition) is 1. The molecule has 6 nitrogen and oxygen atoms in total. The molecule has 1 aromatic rings. The summed E-state index contributed by atoms with van der Waals surface area (Å²) in [5.74, 6) is 0. The van der Waals surface area contributed by atoms with E-state index in [9.17, 15) is 13.2 Å². The van der Waals surface area contributed by atoms with E-state index in [-0.39, 0.29) is 17.0 Å². The van der Waals surface area contributed by atoms with Crippen LogP contribution in [0.15, 0.2) is 17.0 Å². The molecular weight excluding hydrogens is 352 g/mol. The molecule has 1 fully saturated rings. The van der Waals surface area contributed by atoms with Crippen molar-refractivity contribution in [2.45, 2.75) is 44.6 Å². The monoisotopic (exact) mass is 374 g/mol. The zero-order valence-electron chi connectivity index (χ0n) is 14.1. The van der Waals surface area contributed by atoms with Crippen molar-refractivity contribution in [1.29, 1.82) is 0 Å². The molecule has 0 atom stereocenters. The Morgan fingerprint density at radius 2 is 1.92 bits per heavy atom. The molecule has 1 saturated heterocycles. The lowest BCUT2D eigenvalue weighted by atomic mass is 10.1. The third kappa shape index (κ3) is 4.40. The number of sulfonamides is 1. The second-order valence-electron chi connectivity index (χ2n) is 5.95. The van der Waals surface area contributed by atoms with E-state index in [1.807, 2.05) is 0 Å². The molecule has 1 aliphatic heterocycles. The molecule has 0 spiro atoms. The van der Waals surface area contributed by atoms with Gasteiger partial charge in [-0.3, -0.25) is 0 Å². The van der Waals surface area contributed by atoms with Crippen LogP contribution in [0, 0.1) is 13.8 Å². The number of carbonyl (C=O) groups is 1. The third-order valence-electron chi connectivity index (χ3n) is 4.09. The number of nitrogens with one attached hydrogen (secondary N) is 1. The summed E-state index contributed by atoms with van der Waals surface area (Å²) in [6.07, 6.45) is 0.774. The second-order valence-corrected chi connectivity index (χ2v) is 8.04. The Morgan fingerprint density at radius 1 is 1.29 bits per heavy atom. The number of hydrogen-bond acceptors (Lipinski definition) is 4. The number of ether oxygens (including phenoxy) is 1. The Balaban J connectivity index is 2.04. The van der Waals surface area contributed by atoms with Gasteiger partial charge in [0.1, 0.15) is 0 Å². The predicted molar refractivity (Wildman–Crippen MR) is 92.9 cm³/mol. The Morgan fingerprint density at radius 3 is 2.50 bits per heavy atom. The van der Waals surface area contributed by atoms with Gasteiger partial charge in [-0.2, -0.15) is 0 Å². The first-order valence-electron chi connectivity index (χ1n) is 7.95. The van der Waals surface area contributed by atoms with E-state index < -0.39 is 10.0 Å². The number of nitrogens with zero attached hydrogens (tertiary/aromatic N) is 1. The van der Waals surface area contributed by atoms with E-state index in [4.69, 9.17) is 16.3 Å². The Hall–Kier alpha value is -1.31. The fourth-order valence-corrected chi connectivity index (χ4v) is 4.56. The molecule has 1 aromatic carbocycles. The number of likely N-dealkylation sites (tertiary alicyclic amines) is 1. The van der Waals surface area contributed by atoms with Gasteiger partial charge in [-0.25, -0.2) is 17.9 Å². The number of amides is 1. The molecule has 0 bridgehead atoms. The lowest BCUT2D eigenvalue weighted by Crippen LogP contribution is -2.46. The first-order valence-corrected chi connectivity index (χ1v) is 9.81. The van der Waals surface area contributed by atoms with E-state index >= 15 is 0 Å². The Labute approximate surface area is 148 Å². The van der Waals surface area contributed by atoms with Crippen LogP contribution < -0.4 is 4.72 Å². The number of halogens is 1. The Bertz CT molecular complexity index is 713. The van der Waals surface area contributed by atoms with Crippen LogP contribution in [-0.4, -0.2) is 45.1 Å². The highest BCUT2D eigenvalue weighted by molar-refractivity contribution is 7.89. The number of aryl methyl sites for hydroxylation is 2. The molecule has 134 valence electrons. The van der Waals surface area contributed by atoms with Gasteiger partial charge in [0.15, 0.2) is 0 Å². The average Bonchev–Trinajstić information content (AvgIpc) is 2.51. The van der Waals surface area contributed by atoms with E-state index in [1.165, 1.54) is 0 Å². The van der Waals surface area contributed by atoms with Crippen LogP contribution in [0.4, 0.5) is 4.79 Å². The van der Waals surface area contributed by atoms with Gasteiger partial charge in [0.05, 0.1) is 11.5 Å². The van der Waals surface area contributed by atoms with Crippen molar-refractivity contribution in [3.05, 3.63) is 28.3 Å². The summed E-state index contributed by atoms with van der Waals surface area (Å²) in [7, 11) is -3.62. The van der Waals surface area contributed by atoms with Crippen LogP contribution in [0.3, 0.4) is 0 Å². The lowest BCUT2D eigenvalue weighted by Gasteiger charge is -2.31. The standard InChI is InChI=1S/C16H23ClN2O4S/c1-4-23-16(20)19-7-5-13(6-8-19)18-24(21,22)15-10-11(2)14(17)9-12(15)3/h9-10,13,18H,4-8H2,1-3H3. The summed E-state index contributed by atoms with van der Waals surface area (Å²) in [5, 5.41) is 0.550. The average molecular weight is 375 g/mol. The van der Waals surface area contributed by atoms with Crippen LogP contribution in [-0.2, 0) is 14.8 Å². The van der Waals surface area contributed by atoms with Crippen LogP contribution in [0.1, 0.15) is 30.9 Å². The van der Waals surface area contributed by atoms with E-state index in [0.29, 0.717) is 43.1 Å². The van der Waals surface area contributed by atoms with Gasteiger partial charge in [-0.15, -0.1) is 0 Å². The number of piperidine rings is 1. The van der Waals surface area contributed by atoms with Gasteiger partial charge in [0.25, 0.3) is 0 Å². The predicted octanol–water partition coefficient (Wildman–Crippen LogP) is 2.86. The summed E-state index contributed by atoms with van der Waals surface area (Å²) in [4.78, 5) is 13.5. The zero-order valence-corrected chi connectivity index (χ0v) is 15.7. The van der Waals surface area contributed by atoms with E-state index in [2.05, 4.69) is 4.72 Å². The highest BCUT2D eigenvalue weighted by Gasteiger charge is 2.28. The van der Waals surface area contributed by atoms with Crippen molar-refractivity contribution in [3.8, 4) is 0 Å². The number of carbonyl (C=O) groups excluding carboxylic acids is 1. The minimum absolute atomic E-state index is 0.198. The zero-order chi connectivity index (χ0) is 17.9. The van der Waals surface area contributed by atoms with Crippen molar-refractivity contribution in [2.75, 3.05) is 19.7 Å². The molecule has 0 radical (unpaired) electrons. The Kier molecular flexibility index (Phi) is 6.11. The van der Waals surface area contributed by atoms with Gasteiger partial charge in [-0.1, -0.05) is 11.6 Å². The van der Waals surface area contributed by atoms with Crippen LogP contribution in [0.25, 0.3) is 0 Å². The maximum Gasteiger partial charge on any atom is 0.409 e. The second kappa shape index (κ2) is 7.72. The number of benzene rings is 1. The van der Waals surface area contributed by atoms with Gasteiger partial charge in [0.2, 0.25) is 10.0 Å². The largest absolute Gasteiger partial charge is 0.450 e. The summed E-state index contributed by atoms with van der Waals surface area (Å²) in [5.41, 5.74) is 1.34. The molecular formula is C16H23ClN2O4S. The van der Waals surface area contributed by atoms with Crippen molar-refractivity contribution in [3.63, 3.8) is 0 Å². The molecule has 2 rings (SSSR count). The SMILES string of the molecule is CCOC(=O)N1CCC(NS(=O)(=O)c2cc(C)c(Cl)cc2C)CC1. The lowest BCUT2D eigenvalue weighted by molar-refractivity contribution is 0.0966. The molecule has 0 unspecified atom stereocenters. The molecule has 1 heterocycles. The molecule has 0 aromatic heterocycles. The molecule has 0 saturated carbocycles. The molecule has 0 aliphatic carbocycles. The van der Waals surface area contributed by atoms with Crippen molar-refractivity contribution in [1.82, 2.24) is 9.62 Å². The molecule has 1 aliphatic rings. The van der Waals surface area contributed by atoms with Crippen LogP contribution in [0.5, 0.6) is 0 Å². The maximum absolute atomic E-state index is 12.6. The molecule has 1 amide bonds. The minimum atomic E-state index is -3.62. The van der Waals surface area contributed by atoms with E-state index in [0.717, 1.165) is 5.56 Å². The van der Waals surface area contributed by atoms with Gasteiger partial charge in [0, 0.05) is 24.2 Å². The highest BCUT2D eigenvalue weighted by atomic mass is 35.5. The fourth-order valence-electron chi connectivity index (χ4n) is 2.72. The highest BCUT2D eigenvalue weighted by Crippen LogP contribution is 2.24. The quantitative estimate of drug-likeness (QED) is 0.879. The van der Waals surface area contributed by atoms with Crippen LogP contribution >= 0.6 is 11.6 Å². The topological polar surface area (TPSA) is 75.7 Å². The molecule has 8 heteroatoms. The van der Waals surface area contributed by atoms with Crippen molar-refractivity contribution < 1.29 is 17.9 Å². The molecule has 1 N–H and O–H groups in total. The first-order chi connectivity index (χ1) is 11.2. The van der Waals surface area contributed by atoms with Gasteiger partial charge >= 0.3 is 6.09 Å². The molecule has 24 heavy (non-hydrogen) atoms. The van der Waals surface area contributed by atoms with E-state index in [1.54, 1.807) is 37.8 Å². The van der Waals surface area contributed by atoms with Crippen LogP contribution in [0.2, 0.25) is 5.02 Å². The normalized spacial score (nSPS) is 16.2. The fraction of sp³-hybridized carbons (Fsp3) is 0.562. The first kappa shape index (κ1) is 19.0. The third-order valence-corrected chi connectivity index (χ3v) is 6.16. The summed E-state index contributed by atoms with van der Waals surface area (Å²) in [6.45, 7) is 6.55. The van der Waals surface area contributed by atoms with Gasteiger partial charge < -0.3 is 9.64 Å². The smallest absolute Gasteiger partial charge is 0.409 e. The maximum atomic E-state index is 12.6. The van der Waals surface area contributed by atoms with Crippen molar-refractivity contribution >= 4 is 27.7 Å². The summed E-state index contributed by atoms with van der Waals surface area (Å²) in [6, 6.07) is 3.05. The number of rotatable bonds is 4. The van der Waals surface area contributed by atoms with Crippen molar-refractivity contribution in [2.24, 2.45) is 0 Å². The summed E-state index contributed by atoms with van der Waals surface area (Å²) < 4.78 is 33.0. The minimum Gasteiger partial charge on any atom is -0.450 e. The van der Waals surface area contributed by atoms with Gasteiger partial charge in [-0.05, 0) is 56.9 Å².